The van der Waals surface area contributed by atoms with Crippen LogP contribution in [0, 0.1) is 0 Å². The van der Waals surface area contributed by atoms with Crippen LogP contribution in [0.5, 0.6) is 0 Å². The maximum atomic E-state index is 9.95. The van der Waals surface area contributed by atoms with Crippen LogP contribution in [-0.4, -0.2) is 24.1 Å². The highest BCUT2D eigenvalue weighted by atomic mass is 16.5. The second-order valence-corrected chi connectivity index (χ2v) is 2.08. The van der Waals surface area contributed by atoms with Gasteiger partial charge in [-0.25, -0.2) is 0 Å². The fourth-order valence-corrected chi connectivity index (χ4v) is 0.643. The molecule has 0 aliphatic rings. The lowest BCUT2D eigenvalue weighted by Gasteiger charge is -2.04. The zero-order valence-corrected chi connectivity index (χ0v) is 5.84. The third kappa shape index (κ3) is 4.43. The molecule has 0 unspecified atom stereocenters. The minimum Gasteiger partial charge on any atom is -0.330 e. The van der Waals surface area contributed by atoms with Crippen LogP contribution in [0.25, 0.3) is 0 Å². The highest BCUT2D eigenvalue weighted by molar-refractivity contribution is 5.57. The van der Waals surface area contributed by atoms with Crippen LogP contribution in [0.4, 0.5) is 0 Å². The third-order valence-electron chi connectivity index (χ3n) is 1.25. The second-order valence-electron chi connectivity index (χ2n) is 2.08. The molecule has 0 aliphatic heterocycles. The van der Waals surface area contributed by atoms with Gasteiger partial charge in [-0.15, -0.1) is 0 Å². The summed E-state index contributed by atoms with van der Waals surface area (Å²) in [5, 5.41) is 8.28. The van der Waals surface area contributed by atoms with Crippen LogP contribution in [0.2, 0.25) is 0 Å². The number of nitrogens with two attached hydrogens (primary N) is 1. The maximum Gasteiger partial charge on any atom is 0.219 e. The summed E-state index contributed by atoms with van der Waals surface area (Å²) in [6.07, 6.45) is 3.97. The molecule has 0 fully saturated rings. The molecule has 0 amide bonds. The van der Waals surface area contributed by atoms with Crippen molar-refractivity contribution in [2.45, 2.75) is 25.3 Å². The molecule has 4 heteroatoms. The molecule has 1 atom stereocenters. The summed E-state index contributed by atoms with van der Waals surface area (Å²) >= 11 is 0. The lowest BCUT2D eigenvalue weighted by molar-refractivity contribution is 0.144. The first-order chi connectivity index (χ1) is 4.85. The second kappa shape index (κ2) is 6.67. The minimum atomic E-state index is -0.549. The van der Waals surface area contributed by atoms with Crippen molar-refractivity contribution >= 4 is 6.29 Å². The van der Waals surface area contributed by atoms with Crippen molar-refractivity contribution in [3.05, 3.63) is 0 Å². The highest BCUT2D eigenvalue weighted by Gasteiger charge is 2.03. The first-order valence-electron chi connectivity index (χ1n) is 3.32. The first-order valence-corrected chi connectivity index (χ1v) is 3.32. The summed E-state index contributed by atoms with van der Waals surface area (Å²) in [6.45, 7) is 0.622. The van der Waals surface area contributed by atoms with Gasteiger partial charge in [0, 0.05) is 0 Å². The van der Waals surface area contributed by atoms with E-state index in [9.17, 15) is 4.79 Å². The van der Waals surface area contributed by atoms with Gasteiger partial charge >= 0.3 is 0 Å². The SMILES string of the molecule is NCCCC[C@H]([C]=O)NO. The van der Waals surface area contributed by atoms with E-state index in [1.807, 2.05) is 5.48 Å². The fourth-order valence-electron chi connectivity index (χ4n) is 0.643. The van der Waals surface area contributed by atoms with E-state index in [2.05, 4.69) is 0 Å². The Morgan fingerprint density at radius 2 is 2.30 bits per heavy atom. The molecule has 0 aromatic rings. The van der Waals surface area contributed by atoms with E-state index < -0.39 is 6.04 Å². The standard InChI is InChI=1S/C6H13N2O2/c7-4-2-1-3-6(5-9)8-10/h6,8,10H,1-4,7H2/t6-/m1/s1. The lowest BCUT2D eigenvalue weighted by atomic mass is 10.1. The molecule has 59 valence electrons. The predicted octanol–water partition coefficient (Wildman–Crippen LogP) is -0.427. The monoisotopic (exact) mass is 145 g/mol. The molecule has 0 spiro atoms. The van der Waals surface area contributed by atoms with E-state index in [0.717, 1.165) is 12.8 Å². The van der Waals surface area contributed by atoms with Gasteiger partial charge in [-0.3, -0.25) is 4.79 Å². The van der Waals surface area contributed by atoms with Crippen molar-refractivity contribution in [2.24, 2.45) is 5.73 Å². The van der Waals surface area contributed by atoms with Crippen molar-refractivity contribution in [3.8, 4) is 0 Å². The molecule has 0 bridgehead atoms. The quantitative estimate of drug-likeness (QED) is 0.350. The summed E-state index contributed by atoms with van der Waals surface area (Å²) in [7, 11) is 0. The van der Waals surface area contributed by atoms with E-state index in [-0.39, 0.29) is 0 Å². The Labute approximate surface area is 60.4 Å². The van der Waals surface area contributed by atoms with Crippen LogP contribution in [-0.2, 0) is 4.79 Å². The van der Waals surface area contributed by atoms with Crippen molar-refractivity contribution < 1.29 is 10.0 Å². The molecule has 0 aromatic carbocycles. The number of unbranched alkanes of at least 4 members (excludes halogenated alkanes) is 1. The van der Waals surface area contributed by atoms with E-state index in [1.54, 1.807) is 6.29 Å². The summed E-state index contributed by atoms with van der Waals surface area (Å²) in [5.41, 5.74) is 7.06. The number of nitrogens with one attached hydrogen (secondary N) is 1. The molecule has 10 heavy (non-hydrogen) atoms. The Kier molecular flexibility index (Phi) is 6.37. The molecule has 0 aliphatic carbocycles. The van der Waals surface area contributed by atoms with Gasteiger partial charge in [0.15, 0.2) is 0 Å². The molecule has 0 saturated carbocycles. The van der Waals surface area contributed by atoms with Gasteiger partial charge < -0.3 is 10.9 Å². The largest absolute Gasteiger partial charge is 0.330 e. The van der Waals surface area contributed by atoms with Crippen molar-refractivity contribution in [3.63, 3.8) is 0 Å². The van der Waals surface area contributed by atoms with E-state index in [0.29, 0.717) is 13.0 Å². The van der Waals surface area contributed by atoms with Crippen LogP contribution < -0.4 is 11.2 Å². The maximum absolute atomic E-state index is 9.95. The summed E-state index contributed by atoms with van der Waals surface area (Å²) in [4.78, 5) is 9.95. The van der Waals surface area contributed by atoms with Crippen molar-refractivity contribution in [1.82, 2.24) is 5.48 Å². The number of hydroxylamine groups is 1. The van der Waals surface area contributed by atoms with Gasteiger partial charge in [-0.1, -0.05) is 6.42 Å². The summed E-state index contributed by atoms with van der Waals surface area (Å²) in [5.74, 6) is 0. The van der Waals surface area contributed by atoms with Crippen molar-refractivity contribution in [1.29, 1.82) is 0 Å². The predicted molar refractivity (Wildman–Crippen MR) is 37.3 cm³/mol. The molecule has 0 saturated heterocycles. The molecule has 0 aromatic heterocycles. The van der Waals surface area contributed by atoms with Crippen LogP contribution in [0.3, 0.4) is 0 Å². The zero-order valence-electron chi connectivity index (χ0n) is 5.84. The fraction of sp³-hybridized carbons (Fsp3) is 0.833. The van der Waals surface area contributed by atoms with E-state index in [4.69, 9.17) is 10.9 Å². The molecule has 0 heterocycles. The molecule has 4 nitrogen and oxygen atoms in total. The first kappa shape index (κ1) is 9.55. The van der Waals surface area contributed by atoms with Gasteiger partial charge in [0.25, 0.3) is 0 Å². The van der Waals surface area contributed by atoms with E-state index in [1.165, 1.54) is 0 Å². The molecular weight excluding hydrogens is 132 g/mol. The van der Waals surface area contributed by atoms with Gasteiger partial charge in [0.2, 0.25) is 6.29 Å². The minimum absolute atomic E-state index is 0.549. The van der Waals surface area contributed by atoms with Gasteiger partial charge in [0.1, 0.15) is 0 Å². The molecule has 4 N–H and O–H groups in total. The number of hydrogen-bond acceptors (Lipinski definition) is 4. The summed E-state index contributed by atoms with van der Waals surface area (Å²) in [6, 6.07) is -0.549. The number of carbonyl (C=O) groups excluding carboxylic acids is 1. The Hall–Kier alpha value is -0.450. The normalized spacial score (nSPS) is 13.0. The Morgan fingerprint density at radius 1 is 1.60 bits per heavy atom. The molecular formula is C6H13N2O2. The van der Waals surface area contributed by atoms with Crippen LogP contribution in [0.1, 0.15) is 19.3 Å². The van der Waals surface area contributed by atoms with Gasteiger partial charge in [0.05, 0.1) is 6.04 Å². The average molecular weight is 145 g/mol. The molecule has 1 radical (unpaired) electrons. The average Bonchev–Trinajstić information content (AvgIpc) is 1.99. The van der Waals surface area contributed by atoms with Crippen LogP contribution in [0.15, 0.2) is 0 Å². The summed E-state index contributed by atoms with van der Waals surface area (Å²) < 4.78 is 0. The van der Waals surface area contributed by atoms with Crippen LogP contribution >= 0.6 is 0 Å². The van der Waals surface area contributed by atoms with E-state index >= 15 is 0 Å². The van der Waals surface area contributed by atoms with Gasteiger partial charge in [-0.2, -0.15) is 5.48 Å². The Balaban J connectivity index is 3.17. The highest BCUT2D eigenvalue weighted by Crippen LogP contribution is 1.96. The van der Waals surface area contributed by atoms with Gasteiger partial charge in [-0.05, 0) is 19.4 Å². The topological polar surface area (TPSA) is 75.4 Å². The van der Waals surface area contributed by atoms with Crippen molar-refractivity contribution in [2.75, 3.05) is 6.54 Å². The lowest BCUT2D eigenvalue weighted by Crippen LogP contribution is -2.27. The third-order valence-corrected chi connectivity index (χ3v) is 1.25. The number of rotatable bonds is 6. The Morgan fingerprint density at radius 3 is 2.70 bits per heavy atom. The Bertz CT molecular complexity index is 87.8. The zero-order chi connectivity index (χ0) is 7.82. The molecule has 0 rings (SSSR count). The smallest absolute Gasteiger partial charge is 0.219 e. The number of hydrogen-bond donors (Lipinski definition) is 3.